The molecule has 0 amide bonds. The zero-order valence-corrected chi connectivity index (χ0v) is 10.8. The van der Waals surface area contributed by atoms with Gasteiger partial charge in [-0.1, -0.05) is 0 Å². The quantitative estimate of drug-likeness (QED) is 0.485. The van der Waals surface area contributed by atoms with Gasteiger partial charge >= 0.3 is 6.18 Å². The summed E-state index contributed by atoms with van der Waals surface area (Å²) in [7, 11) is 0. The molecule has 0 fully saturated rings. The molecule has 3 nitrogen and oxygen atoms in total. The number of aromatic hydroxyl groups is 1. The summed E-state index contributed by atoms with van der Waals surface area (Å²) in [6, 6.07) is 2.90. The fourth-order valence-electron chi connectivity index (χ4n) is 1.68. The number of hydrogen-bond acceptors (Lipinski definition) is 3. The van der Waals surface area contributed by atoms with Crippen molar-refractivity contribution in [1.29, 1.82) is 0 Å². The first-order valence-electron chi connectivity index (χ1n) is 5.73. The van der Waals surface area contributed by atoms with Gasteiger partial charge in [0.05, 0.1) is 0 Å². The van der Waals surface area contributed by atoms with Gasteiger partial charge in [-0.2, -0.15) is 22.0 Å². The zero-order valence-electron chi connectivity index (χ0n) is 10.8. The van der Waals surface area contributed by atoms with Crippen LogP contribution >= 0.6 is 0 Å². The maximum absolute atomic E-state index is 13.6. The molecule has 0 spiro atoms. The Bertz CT molecular complexity index is 745. The molecule has 0 unspecified atom stereocenters. The number of phenols is 1. The third-order valence-corrected chi connectivity index (χ3v) is 2.70. The van der Waals surface area contributed by atoms with Gasteiger partial charge in [0.1, 0.15) is 5.56 Å². The molecule has 0 saturated carbocycles. The van der Waals surface area contributed by atoms with Crippen LogP contribution in [0.2, 0.25) is 0 Å². The smallest absolute Gasteiger partial charge is 0.422 e. The number of alkyl halides is 3. The van der Waals surface area contributed by atoms with E-state index in [4.69, 9.17) is 5.73 Å². The number of hydrogen-bond donors (Lipinski definition) is 2. The van der Waals surface area contributed by atoms with Gasteiger partial charge in [0.2, 0.25) is 17.4 Å². The van der Waals surface area contributed by atoms with Gasteiger partial charge in [-0.3, -0.25) is 0 Å². The van der Waals surface area contributed by atoms with E-state index in [1.165, 1.54) is 0 Å². The molecule has 10 heteroatoms. The van der Waals surface area contributed by atoms with Crippen LogP contribution in [0.5, 0.6) is 17.2 Å². The lowest BCUT2D eigenvalue weighted by Gasteiger charge is -2.15. The minimum atomic E-state index is -5.66. The fourth-order valence-corrected chi connectivity index (χ4v) is 1.68. The molecular weight excluding hydrogens is 335 g/mol. The Morgan fingerprint density at radius 3 is 1.87 bits per heavy atom. The largest absolute Gasteiger partial charge is 0.504 e. The van der Waals surface area contributed by atoms with Gasteiger partial charge < -0.3 is 15.6 Å². The number of anilines is 1. The number of rotatable bonds is 2. The maximum atomic E-state index is 13.6. The molecule has 3 N–H and O–H groups in total. The minimum Gasteiger partial charge on any atom is -0.504 e. The fraction of sp³-hybridized carbons (Fsp3) is 0.0769. The Morgan fingerprint density at radius 2 is 1.43 bits per heavy atom. The van der Waals surface area contributed by atoms with Crippen LogP contribution in [0.25, 0.3) is 0 Å². The van der Waals surface area contributed by atoms with Crippen LogP contribution in [0.15, 0.2) is 18.2 Å². The molecule has 0 aliphatic carbocycles. The number of phenolic OH excluding ortho intramolecular Hbond substituents is 1. The molecule has 0 heterocycles. The average Bonchev–Trinajstić information content (AvgIpc) is 2.42. The van der Waals surface area contributed by atoms with Crippen LogP contribution in [0.3, 0.4) is 0 Å². The Labute approximate surface area is 123 Å². The maximum Gasteiger partial charge on any atom is 0.422 e. The predicted molar refractivity (Wildman–Crippen MR) is 63.9 cm³/mol. The Morgan fingerprint density at radius 1 is 0.913 bits per heavy atom. The lowest BCUT2D eigenvalue weighted by Crippen LogP contribution is -2.15. The van der Waals surface area contributed by atoms with Crippen molar-refractivity contribution in [3.8, 4) is 17.2 Å². The number of halogens is 7. The van der Waals surface area contributed by atoms with E-state index in [0.29, 0.717) is 0 Å². The number of nitrogen functional groups attached to an aromatic ring is 1. The SMILES string of the molecule is Nc1ccc(Oc2c(F)c(F)c(C(F)(F)F)c(F)c2F)c(O)c1. The molecule has 0 saturated heterocycles. The highest BCUT2D eigenvalue weighted by molar-refractivity contribution is 5.52. The first-order chi connectivity index (χ1) is 10.5. The molecule has 124 valence electrons. The van der Waals surface area contributed by atoms with Crippen LogP contribution in [-0.2, 0) is 6.18 Å². The van der Waals surface area contributed by atoms with Crippen LogP contribution in [0.4, 0.5) is 36.4 Å². The molecule has 2 aromatic carbocycles. The second-order valence-corrected chi connectivity index (χ2v) is 4.29. The van der Waals surface area contributed by atoms with Crippen LogP contribution in [-0.4, -0.2) is 5.11 Å². The van der Waals surface area contributed by atoms with E-state index in [9.17, 15) is 35.8 Å². The van der Waals surface area contributed by atoms with E-state index in [1.807, 2.05) is 0 Å². The highest BCUT2D eigenvalue weighted by Gasteiger charge is 2.43. The summed E-state index contributed by atoms with van der Waals surface area (Å²) in [6.45, 7) is 0. The summed E-state index contributed by atoms with van der Waals surface area (Å²) < 4.78 is 95.8. The topological polar surface area (TPSA) is 55.5 Å². The van der Waals surface area contributed by atoms with Crippen molar-refractivity contribution in [2.45, 2.75) is 6.18 Å². The molecular formula is C13H6F7NO2. The predicted octanol–water partition coefficient (Wildman–Crippen LogP) is 4.34. The molecule has 0 atom stereocenters. The molecule has 0 aromatic heterocycles. The highest BCUT2D eigenvalue weighted by atomic mass is 19.4. The van der Waals surface area contributed by atoms with Crippen LogP contribution < -0.4 is 10.5 Å². The lowest BCUT2D eigenvalue weighted by atomic mass is 10.1. The molecule has 2 rings (SSSR count). The van der Waals surface area contributed by atoms with Crippen LogP contribution in [0, 0.1) is 23.3 Å². The molecule has 2 aromatic rings. The summed E-state index contributed by atoms with van der Waals surface area (Å²) in [5, 5.41) is 9.44. The van der Waals surface area contributed by atoms with E-state index < -0.39 is 52.3 Å². The average molecular weight is 341 g/mol. The normalized spacial score (nSPS) is 11.6. The first kappa shape index (κ1) is 16.7. The van der Waals surface area contributed by atoms with Crippen molar-refractivity contribution >= 4 is 5.69 Å². The highest BCUT2D eigenvalue weighted by Crippen LogP contribution is 2.41. The van der Waals surface area contributed by atoms with Gasteiger partial charge in [-0.05, 0) is 12.1 Å². The molecule has 0 radical (unpaired) electrons. The van der Waals surface area contributed by atoms with Gasteiger partial charge in [0.15, 0.2) is 23.1 Å². The number of nitrogens with two attached hydrogens (primary N) is 1. The first-order valence-corrected chi connectivity index (χ1v) is 5.73. The van der Waals surface area contributed by atoms with E-state index >= 15 is 0 Å². The monoisotopic (exact) mass is 341 g/mol. The third kappa shape index (κ3) is 2.96. The molecule has 0 aliphatic heterocycles. The lowest BCUT2D eigenvalue weighted by molar-refractivity contribution is -0.143. The van der Waals surface area contributed by atoms with E-state index in [1.54, 1.807) is 0 Å². The van der Waals surface area contributed by atoms with Crippen molar-refractivity contribution < 1.29 is 40.6 Å². The zero-order chi connectivity index (χ0) is 17.5. The molecule has 0 bridgehead atoms. The van der Waals surface area contributed by atoms with Crippen molar-refractivity contribution in [3.63, 3.8) is 0 Å². The Hall–Kier alpha value is -2.65. The van der Waals surface area contributed by atoms with Crippen molar-refractivity contribution in [3.05, 3.63) is 47.0 Å². The van der Waals surface area contributed by atoms with E-state index in [0.717, 1.165) is 18.2 Å². The Balaban J connectivity index is 2.61. The second-order valence-electron chi connectivity index (χ2n) is 4.29. The third-order valence-electron chi connectivity index (χ3n) is 2.70. The van der Waals surface area contributed by atoms with Gasteiger partial charge in [0.25, 0.3) is 0 Å². The summed E-state index contributed by atoms with van der Waals surface area (Å²) in [4.78, 5) is 0. The Kier molecular flexibility index (Phi) is 4.01. The van der Waals surface area contributed by atoms with Crippen molar-refractivity contribution in [1.82, 2.24) is 0 Å². The molecule has 0 aliphatic rings. The van der Waals surface area contributed by atoms with Gasteiger partial charge in [-0.25, -0.2) is 8.78 Å². The second kappa shape index (κ2) is 5.52. The van der Waals surface area contributed by atoms with Gasteiger partial charge in [0, 0.05) is 11.8 Å². The van der Waals surface area contributed by atoms with Crippen LogP contribution in [0.1, 0.15) is 5.56 Å². The summed E-state index contributed by atoms with van der Waals surface area (Å²) >= 11 is 0. The van der Waals surface area contributed by atoms with E-state index in [2.05, 4.69) is 4.74 Å². The summed E-state index contributed by atoms with van der Waals surface area (Å²) in [5.41, 5.74) is 2.60. The molecule has 23 heavy (non-hydrogen) atoms. The standard InChI is InChI=1S/C13H6F7NO2/c14-8-7(13(18,19)20)9(15)11(17)12(10(8)16)23-6-2-1-4(21)3-5(6)22/h1-3,22H,21H2. The number of ether oxygens (including phenoxy) is 1. The minimum absolute atomic E-state index is 0.0283. The van der Waals surface area contributed by atoms with E-state index in [-0.39, 0.29) is 5.69 Å². The van der Waals surface area contributed by atoms with Crippen molar-refractivity contribution in [2.75, 3.05) is 5.73 Å². The van der Waals surface area contributed by atoms with Gasteiger partial charge in [-0.15, -0.1) is 0 Å². The number of benzene rings is 2. The van der Waals surface area contributed by atoms with Crippen molar-refractivity contribution in [2.24, 2.45) is 0 Å². The summed E-state index contributed by atoms with van der Waals surface area (Å²) in [5.74, 6) is -13.3. The summed E-state index contributed by atoms with van der Waals surface area (Å²) in [6.07, 6.45) is -5.66.